The molecule has 1 saturated heterocycles. The van der Waals surface area contributed by atoms with Crippen LogP contribution in [0.4, 0.5) is 0 Å². The Balaban J connectivity index is 2.28. The van der Waals surface area contributed by atoms with Gasteiger partial charge >= 0.3 is 5.97 Å². The van der Waals surface area contributed by atoms with Gasteiger partial charge in [-0.15, -0.1) is 11.3 Å². The molecule has 0 amide bonds. The van der Waals surface area contributed by atoms with Crippen LogP contribution in [-0.2, 0) is 10.0 Å². The molecule has 18 heavy (non-hydrogen) atoms. The molecule has 0 aromatic carbocycles. The molecule has 0 aliphatic carbocycles. The fraction of sp³-hybridized carbons (Fsp3) is 0.500. The maximum atomic E-state index is 12.2. The number of carbonyl (C=O) groups is 1. The van der Waals surface area contributed by atoms with E-state index in [0.29, 0.717) is 6.42 Å². The fourth-order valence-electron chi connectivity index (χ4n) is 1.80. The van der Waals surface area contributed by atoms with Crippen LogP contribution in [0, 0.1) is 0 Å². The van der Waals surface area contributed by atoms with Gasteiger partial charge in [-0.3, -0.25) is 0 Å². The van der Waals surface area contributed by atoms with Crippen LogP contribution in [0.25, 0.3) is 0 Å². The van der Waals surface area contributed by atoms with Crippen molar-refractivity contribution in [3.05, 3.63) is 16.3 Å². The number of aromatic carboxylic acids is 1. The Hall–Kier alpha value is -0.960. The highest BCUT2D eigenvalue weighted by Gasteiger charge is 2.47. The smallest absolute Gasteiger partial charge is 0.347 e. The van der Waals surface area contributed by atoms with Crippen LogP contribution in [-0.4, -0.2) is 47.6 Å². The molecule has 0 unspecified atom stereocenters. The minimum absolute atomic E-state index is 0.0146. The van der Waals surface area contributed by atoms with Crippen LogP contribution in [0.2, 0.25) is 0 Å². The zero-order valence-corrected chi connectivity index (χ0v) is 11.3. The van der Waals surface area contributed by atoms with Crippen LogP contribution in [0.1, 0.15) is 23.0 Å². The maximum absolute atomic E-state index is 12.2. The third-order valence-corrected chi connectivity index (χ3v) is 5.91. The topological polar surface area (TPSA) is 94.9 Å². The molecule has 2 rings (SSSR count). The number of carboxylic acid groups (broad SMARTS) is 1. The first kappa shape index (κ1) is 13.5. The van der Waals surface area contributed by atoms with E-state index in [0.717, 1.165) is 15.6 Å². The SMILES string of the molecule is CCC1(O)CN(S(=O)(=O)c2ccsc2C(=O)O)C1. The minimum atomic E-state index is -3.81. The van der Waals surface area contributed by atoms with Crippen molar-refractivity contribution in [1.82, 2.24) is 4.31 Å². The number of hydrogen-bond acceptors (Lipinski definition) is 5. The normalized spacial score (nSPS) is 19.4. The average Bonchev–Trinajstić information content (AvgIpc) is 2.74. The molecular weight excluding hydrogens is 278 g/mol. The molecule has 100 valence electrons. The van der Waals surface area contributed by atoms with Crippen molar-refractivity contribution >= 4 is 27.3 Å². The molecule has 8 heteroatoms. The van der Waals surface area contributed by atoms with Gasteiger partial charge < -0.3 is 10.2 Å². The molecule has 1 aromatic heterocycles. The lowest BCUT2D eigenvalue weighted by Gasteiger charge is -2.44. The number of sulfonamides is 1. The van der Waals surface area contributed by atoms with E-state index >= 15 is 0 Å². The zero-order valence-electron chi connectivity index (χ0n) is 9.66. The molecule has 2 N–H and O–H groups in total. The largest absolute Gasteiger partial charge is 0.477 e. The van der Waals surface area contributed by atoms with Crippen LogP contribution in [0.15, 0.2) is 16.3 Å². The van der Waals surface area contributed by atoms with Gasteiger partial charge in [-0.25, -0.2) is 13.2 Å². The number of hydrogen-bond donors (Lipinski definition) is 2. The van der Waals surface area contributed by atoms with E-state index in [9.17, 15) is 18.3 Å². The predicted molar refractivity (Wildman–Crippen MR) is 65.3 cm³/mol. The van der Waals surface area contributed by atoms with E-state index in [1.54, 1.807) is 6.92 Å². The highest BCUT2D eigenvalue weighted by atomic mass is 32.2. The van der Waals surface area contributed by atoms with E-state index in [2.05, 4.69) is 0 Å². The first-order valence-corrected chi connectivity index (χ1v) is 7.65. The molecule has 0 radical (unpaired) electrons. The molecule has 6 nitrogen and oxygen atoms in total. The second kappa shape index (κ2) is 4.30. The number of carboxylic acids is 1. The van der Waals surface area contributed by atoms with Crippen molar-refractivity contribution in [3.8, 4) is 0 Å². The Morgan fingerprint density at radius 1 is 1.56 bits per heavy atom. The van der Waals surface area contributed by atoms with Gasteiger partial charge in [0.15, 0.2) is 0 Å². The summed E-state index contributed by atoms with van der Waals surface area (Å²) in [6.07, 6.45) is 0.467. The summed E-state index contributed by atoms with van der Waals surface area (Å²) in [5, 5.41) is 20.2. The summed E-state index contributed by atoms with van der Waals surface area (Å²) in [6, 6.07) is 1.28. The van der Waals surface area contributed by atoms with Gasteiger partial charge in [-0.1, -0.05) is 6.92 Å². The first-order valence-electron chi connectivity index (χ1n) is 5.33. The first-order chi connectivity index (χ1) is 8.30. The Bertz CT molecular complexity index is 571. The Morgan fingerprint density at radius 2 is 2.17 bits per heavy atom. The van der Waals surface area contributed by atoms with Crippen LogP contribution >= 0.6 is 11.3 Å². The van der Waals surface area contributed by atoms with Crippen LogP contribution < -0.4 is 0 Å². The quantitative estimate of drug-likeness (QED) is 0.846. The van der Waals surface area contributed by atoms with Crippen molar-refractivity contribution in [2.24, 2.45) is 0 Å². The molecule has 1 aliphatic heterocycles. The van der Waals surface area contributed by atoms with Gasteiger partial charge in [0, 0.05) is 13.1 Å². The average molecular weight is 291 g/mol. The second-order valence-electron chi connectivity index (χ2n) is 4.27. The van der Waals surface area contributed by atoms with Crippen LogP contribution in [0.3, 0.4) is 0 Å². The van der Waals surface area contributed by atoms with Crippen molar-refractivity contribution in [1.29, 1.82) is 0 Å². The van der Waals surface area contributed by atoms with E-state index in [1.165, 1.54) is 11.4 Å². The number of rotatable bonds is 4. The summed E-state index contributed by atoms with van der Waals surface area (Å²) in [4.78, 5) is 10.5. The molecule has 2 heterocycles. The molecule has 0 spiro atoms. The lowest BCUT2D eigenvalue weighted by Crippen LogP contribution is -2.62. The molecular formula is C10H13NO5S2. The van der Waals surface area contributed by atoms with Crippen molar-refractivity contribution in [2.75, 3.05) is 13.1 Å². The molecule has 1 aliphatic rings. The van der Waals surface area contributed by atoms with Gasteiger partial charge in [0.05, 0.1) is 5.60 Å². The predicted octanol–water partition coefficient (Wildman–Crippen LogP) is 0.592. The molecule has 0 atom stereocenters. The van der Waals surface area contributed by atoms with E-state index < -0.39 is 21.6 Å². The third-order valence-electron chi connectivity index (χ3n) is 3.04. The Kier molecular flexibility index (Phi) is 3.22. The molecule has 1 fully saturated rings. The summed E-state index contributed by atoms with van der Waals surface area (Å²) in [6.45, 7) is 1.80. The van der Waals surface area contributed by atoms with E-state index in [1.807, 2.05) is 0 Å². The summed E-state index contributed by atoms with van der Waals surface area (Å²) in [7, 11) is -3.81. The second-order valence-corrected chi connectivity index (χ2v) is 7.09. The zero-order chi connectivity index (χ0) is 13.6. The van der Waals surface area contributed by atoms with Gasteiger partial charge in [-0.05, 0) is 17.9 Å². The number of aliphatic hydroxyl groups is 1. The van der Waals surface area contributed by atoms with E-state index in [4.69, 9.17) is 5.11 Å². The van der Waals surface area contributed by atoms with Gasteiger partial charge in [0.2, 0.25) is 10.0 Å². The van der Waals surface area contributed by atoms with Crippen molar-refractivity contribution < 1.29 is 23.4 Å². The van der Waals surface area contributed by atoms with Gasteiger partial charge in [0.25, 0.3) is 0 Å². The Labute approximate surface area is 109 Å². The standard InChI is InChI=1S/C10H13NO5S2/c1-2-10(14)5-11(6-10)18(15,16)7-3-4-17-8(7)9(12)13/h3-4,14H,2,5-6H2,1H3,(H,12,13). The highest BCUT2D eigenvalue weighted by molar-refractivity contribution is 7.89. The highest BCUT2D eigenvalue weighted by Crippen LogP contribution is 2.33. The minimum Gasteiger partial charge on any atom is -0.477 e. The van der Waals surface area contributed by atoms with Crippen molar-refractivity contribution in [3.63, 3.8) is 0 Å². The lowest BCUT2D eigenvalue weighted by atomic mass is 9.94. The van der Waals surface area contributed by atoms with Crippen molar-refractivity contribution in [2.45, 2.75) is 23.8 Å². The maximum Gasteiger partial charge on any atom is 0.347 e. The lowest BCUT2D eigenvalue weighted by molar-refractivity contribution is -0.0613. The fourth-order valence-corrected chi connectivity index (χ4v) is 4.63. The van der Waals surface area contributed by atoms with Gasteiger partial charge in [-0.2, -0.15) is 4.31 Å². The summed E-state index contributed by atoms with van der Waals surface area (Å²) in [5.41, 5.74) is -0.980. The Morgan fingerprint density at radius 3 is 2.67 bits per heavy atom. The summed E-state index contributed by atoms with van der Waals surface area (Å²) >= 11 is 0.874. The monoisotopic (exact) mass is 291 g/mol. The number of nitrogens with zero attached hydrogens (tertiary/aromatic N) is 1. The van der Waals surface area contributed by atoms with Gasteiger partial charge in [0.1, 0.15) is 9.77 Å². The third kappa shape index (κ3) is 2.05. The van der Waals surface area contributed by atoms with Crippen LogP contribution in [0.5, 0.6) is 0 Å². The molecule has 1 aromatic rings. The number of β-amino-alcohol motifs (C(OH)–C–C–N with tert-alkyl or cyclic N) is 1. The molecule has 0 bridgehead atoms. The summed E-state index contributed by atoms with van der Waals surface area (Å²) in [5.74, 6) is -1.25. The van der Waals surface area contributed by atoms with E-state index in [-0.39, 0.29) is 22.9 Å². The molecule has 0 saturated carbocycles. The number of thiophene rings is 1. The summed E-state index contributed by atoms with van der Waals surface area (Å²) < 4.78 is 25.4.